The summed E-state index contributed by atoms with van der Waals surface area (Å²) in [4.78, 5) is 11.6. The standard InChI is InChI=1S/C11H16O/c1-2-3-11(12)10-7-8-4-5-9(10)6-8/h2,8-10H,1,3-7H2. The van der Waals surface area contributed by atoms with Crippen molar-refractivity contribution in [1.82, 2.24) is 0 Å². The summed E-state index contributed by atoms with van der Waals surface area (Å²) in [7, 11) is 0. The van der Waals surface area contributed by atoms with Crippen LogP contribution in [-0.2, 0) is 4.79 Å². The van der Waals surface area contributed by atoms with Gasteiger partial charge in [0.15, 0.2) is 0 Å². The lowest BCUT2D eigenvalue weighted by Crippen LogP contribution is -2.19. The lowest BCUT2D eigenvalue weighted by molar-refractivity contribution is -0.123. The molecule has 0 spiro atoms. The second kappa shape index (κ2) is 3.04. The van der Waals surface area contributed by atoms with Gasteiger partial charge in [-0.1, -0.05) is 12.5 Å². The van der Waals surface area contributed by atoms with E-state index >= 15 is 0 Å². The van der Waals surface area contributed by atoms with Gasteiger partial charge in [-0.05, 0) is 31.1 Å². The van der Waals surface area contributed by atoms with Gasteiger partial charge < -0.3 is 0 Å². The largest absolute Gasteiger partial charge is 0.299 e. The van der Waals surface area contributed by atoms with E-state index in [2.05, 4.69) is 6.58 Å². The molecule has 0 saturated heterocycles. The predicted molar refractivity (Wildman–Crippen MR) is 48.8 cm³/mol. The van der Waals surface area contributed by atoms with E-state index in [4.69, 9.17) is 0 Å². The average molecular weight is 164 g/mol. The molecule has 0 aromatic rings. The summed E-state index contributed by atoms with van der Waals surface area (Å²) in [6.07, 6.45) is 7.52. The summed E-state index contributed by atoms with van der Waals surface area (Å²) in [6.45, 7) is 3.61. The fourth-order valence-corrected chi connectivity index (χ4v) is 2.93. The Morgan fingerprint density at radius 2 is 2.25 bits per heavy atom. The monoisotopic (exact) mass is 164 g/mol. The van der Waals surface area contributed by atoms with Crippen molar-refractivity contribution in [2.75, 3.05) is 0 Å². The third-order valence-electron chi connectivity index (χ3n) is 3.50. The molecule has 12 heavy (non-hydrogen) atoms. The van der Waals surface area contributed by atoms with Crippen LogP contribution in [0.3, 0.4) is 0 Å². The number of hydrogen-bond acceptors (Lipinski definition) is 1. The zero-order valence-corrected chi connectivity index (χ0v) is 7.46. The second-order valence-corrected chi connectivity index (χ2v) is 4.24. The molecular weight excluding hydrogens is 148 g/mol. The molecular formula is C11H16O. The molecule has 2 saturated carbocycles. The van der Waals surface area contributed by atoms with Gasteiger partial charge in [0.2, 0.25) is 0 Å². The van der Waals surface area contributed by atoms with Crippen LogP contribution >= 0.6 is 0 Å². The zero-order valence-electron chi connectivity index (χ0n) is 7.46. The zero-order chi connectivity index (χ0) is 8.55. The van der Waals surface area contributed by atoms with Gasteiger partial charge in [0.1, 0.15) is 5.78 Å². The lowest BCUT2D eigenvalue weighted by atomic mass is 9.85. The Bertz CT molecular complexity index is 207. The molecule has 0 aliphatic heterocycles. The van der Waals surface area contributed by atoms with Gasteiger partial charge in [0.05, 0.1) is 0 Å². The summed E-state index contributed by atoms with van der Waals surface area (Å²) in [5.74, 6) is 2.47. The fraction of sp³-hybridized carbons (Fsp3) is 0.727. The highest BCUT2D eigenvalue weighted by Gasteiger charge is 2.42. The van der Waals surface area contributed by atoms with Crippen molar-refractivity contribution in [3.63, 3.8) is 0 Å². The highest BCUT2D eigenvalue weighted by atomic mass is 16.1. The third kappa shape index (κ3) is 1.21. The first-order valence-electron chi connectivity index (χ1n) is 4.95. The Balaban J connectivity index is 1.97. The van der Waals surface area contributed by atoms with Gasteiger partial charge in [-0.15, -0.1) is 6.58 Å². The van der Waals surface area contributed by atoms with Crippen LogP contribution in [0, 0.1) is 17.8 Å². The average Bonchev–Trinajstić information content (AvgIpc) is 2.64. The van der Waals surface area contributed by atoms with E-state index in [9.17, 15) is 4.79 Å². The van der Waals surface area contributed by atoms with Crippen molar-refractivity contribution in [3.05, 3.63) is 12.7 Å². The van der Waals surface area contributed by atoms with Gasteiger partial charge in [-0.2, -0.15) is 0 Å². The fourth-order valence-electron chi connectivity index (χ4n) is 2.93. The van der Waals surface area contributed by atoms with Crippen LogP contribution in [0.4, 0.5) is 0 Å². The Morgan fingerprint density at radius 1 is 1.42 bits per heavy atom. The normalized spacial score (nSPS) is 38.5. The van der Waals surface area contributed by atoms with Crippen molar-refractivity contribution in [1.29, 1.82) is 0 Å². The molecule has 2 aliphatic rings. The maximum Gasteiger partial charge on any atom is 0.139 e. The second-order valence-electron chi connectivity index (χ2n) is 4.24. The molecule has 3 unspecified atom stereocenters. The van der Waals surface area contributed by atoms with Crippen LogP contribution in [0.1, 0.15) is 32.1 Å². The molecule has 3 atom stereocenters. The quantitative estimate of drug-likeness (QED) is 0.586. The maximum atomic E-state index is 11.6. The van der Waals surface area contributed by atoms with Crippen LogP contribution in [0.15, 0.2) is 12.7 Å². The molecule has 0 amide bonds. The Kier molecular flexibility index (Phi) is 2.03. The van der Waals surface area contributed by atoms with Crippen LogP contribution in [-0.4, -0.2) is 5.78 Å². The minimum atomic E-state index is 0.404. The van der Waals surface area contributed by atoms with Crippen molar-refractivity contribution in [3.8, 4) is 0 Å². The number of ketones is 1. The van der Waals surface area contributed by atoms with Crippen molar-refractivity contribution < 1.29 is 4.79 Å². The maximum absolute atomic E-state index is 11.6. The summed E-state index contributed by atoms with van der Waals surface area (Å²) in [5.41, 5.74) is 0. The molecule has 0 aromatic heterocycles. The molecule has 2 bridgehead atoms. The van der Waals surface area contributed by atoms with E-state index < -0.39 is 0 Å². The minimum Gasteiger partial charge on any atom is -0.299 e. The van der Waals surface area contributed by atoms with Gasteiger partial charge in [-0.3, -0.25) is 4.79 Å². The number of rotatable bonds is 3. The molecule has 1 nitrogen and oxygen atoms in total. The number of carbonyl (C=O) groups excluding carboxylic acids is 1. The first-order chi connectivity index (χ1) is 5.81. The highest BCUT2D eigenvalue weighted by molar-refractivity contribution is 5.83. The molecule has 2 aliphatic carbocycles. The molecule has 0 radical (unpaired) electrons. The van der Waals surface area contributed by atoms with Crippen LogP contribution in [0.5, 0.6) is 0 Å². The number of fused-ring (bicyclic) bond motifs is 2. The molecule has 1 heteroatoms. The molecule has 0 heterocycles. The number of Topliss-reactive ketones (excluding diaryl/α,β-unsaturated/α-hetero) is 1. The van der Waals surface area contributed by atoms with Gasteiger partial charge in [0, 0.05) is 12.3 Å². The number of allylic oxidation sites excluding steroid dienone is 1. The molecule has 0 aromatic carbocycles. The minimum absolute atomic E-state index is 0.404. The van der Waals surface area contributed by atoms with Crippen LogP contribution < -0.4 is 0 Å². The molecule has 2 fully saturated rings. The molecule has 2 rings (SSSR count). The Morgan fingerprint density at radius 3 is 2.75 bits per heavy atom. The van der Waals surface area contributed by atoms with Crippen LogP contribution in [0.25, 0.3) is 0 Å². The number of hydrogen-bond donors (Lipinski definition) is 0. The molecule has 66 valence electrons. The van der Waals surface area contributed by atoms with Crippen LogP contribution in [0.2, 0.25) is 0 Å². The van der Waals surface area contributed by atoms with E-state index in [1.165, 1.54) is 25.7 Å². The van der Waals surface area contributed by atoms with E-state index in [0.29, 0.717) is 18.1 Å². The van der Waals surface area contributed by atoms with E-state index in [-0.39, 0.29) is 0 Å². The SMILES string of the molecule is C=CCC(=O)C1CC2CCC1C2. The van der Waals surface area contributed by atoms with E-state index in [1.807, 2.05) is 0 Å². The summed E-state index contributed by atoms with van der Waals surface area (Å²) >= 11 is 0. The first-order valence-corrected chi connectivity index (χ1v) is 4.95. The molecule has 0 N–H and O–H groups in total. The van der Waals surface area contributed by atoms with Gasteiger partial charge >= 0.3 is 0 Å². The van der Waals surface area contributed by atoms with Gasteiger partial charge in [0.25, 0.3) is 0 Å². The smallest absolute Gasteiger partial charge is 0.139 e. The summed E-state index contributed by atoms with van der Waals surface area (Å²) < 4.78 is 0. The summed E-state index contributed by atoms with van der Waals surface area (Å²) in [5, 5.41) is 0. The van der Waals surface area contributed by atoms with Crippen molar-refractivity contribution in [2.45, 2.75) is 32.1 Å². The van der Waals surface area contributed by atoms with E-state index in [1.54, 1.807) is 6.08 Å². The lowest BCUT2D eigenvalue weighted by Gasteiger charge is -2.19. The van der Waals surface area contributed by atoms with Gasteiger partial charge in [-0.25, -0.2) is 0 Å². The third-order valence-corrected chi connectivity index (χ3v) is 3.50. The van der Waals surface area contributed by atoms with Crippen molar-refractivity contribution >= 4 is 5.78 Å². The highest BCUT2D eigenvalue weighted by Crippen LogP contribution is 2.48. The van der Waals surface area contributed by atoms with E-state index in [0.717, 1.165) is 11.8 Å². The topological polar surface area (TPSA) is 17.1 Å². The first kappa shape index (κ1) is 8.03. The predicted octanol–water partition coefficient (Wildman–Crippen LogP) is 2.57. The summed E-state index contributed by atoms with van der Waals surface area (Å²) in [6, 6.07) is 0. The number of carbonyl (C=O) groups is 1. The Labute approximate surface area is 73.8 Å². The van der Waals surface area contributed by atoms with Crippen molar-refractivity contribution in [2.24, 2.45) is 17.8 Å². The Hall–Kier alpha value is -0.590.